The van der Waals surface area contributed by atoms with E-state index in [1.807, 2.05) is 49.4 Å². The van der Waals surface area contributed by atoms with Crippen LogP contribution in [0.3, 0.4) is 0 Å². The monoisotopic (exact) mass is 384 g/mol. The molecular weight excluding hydrogens is 364 g/mol. The second kappa shape index (κ2) is 7.59. The van der Waals surface area contributed by atoms with Gasteiger partial charge in [0.1, 0.15) is 11.5 Å². The molecule has 0 bridgehead atoms. The molecule has 1 heterocycles. The second-order valence-corrected chi connectivity index (χ2v) is 6.70. The first-order chi connectivity index (χ1) is 14.0. The van der Waals surface area contributed by atoms with Crippen molar-refractivity contribution in [3.05, 3.63) is 78.0 Å². The van der Waals surface area contributed by atoms with Crippen LogP contribution in [0, 0.1) is 6.92 Å². The minimum absolute atomic E-state index is 0.121. The zero-order valence-corrected chi connectivity index (χ0v) is 16.1. The summed E-state index contributed by atoms with van der Waals surface area (Å²) in [6, 6.07) is 20.1. The maximum atomic E-state index is 10.3. The fourth-order valence-electron chi connectivity index (χ4n) is 3.12. The Morgan fingerprint density at radius 2 is 1.66 bits per heavy atom. The highest BCUT2D eigenvalue weighted by molar-refractivity contribution is 6.02. The lowest BCUT2D eigenvalue weighted by atomic mass is 10.0. The van der Waals surface area contributed by atoms with Crippen LogP contribution >= 0.6 is 0 Å². The number of aromatic nitrogens is 2. The maximum absolute atomic E-state index is 10.3. The molecule has 0 saturated carbocycles. The van der Waals surface area contributed by atoms with E-state index in [1.54, 1.807) is 42.5 Å². The van der Waals surface area contributed by atoms with Crippen LogP contribution in [0.25, 0.3) is 22.2 Å². The molecular formula is C23H20N4O2. The van der Waals surface area contributed by atoms with Crippen molar-refractivity contribution in [3.8, 4) is 22.9 Å². The van der Waals surface area contributed by atoms with Gasteiger partial charge in [-0.1, -0.05) is 42.5 Å². The fraction of sp³-hybridized carbons (Fsp3) is 0.0870. The molecule has 0 spiro atoms. The van der Waals surface area contributed by atoms with Gasteiger partial charge < -0.3 is 10.2 Å². The molecule has 29 heavy (non-hydrogen) atoms. The normalized spacial score (nSPS) is 11.2. The van der Waals surface area contributed by atoms with E-state index in [2.05, 4.69) is 15.1 Å². The van der Waals surface area contributed by atoms with E-state index >= 15 is 0 Å². The molecule has 0 saturated heterocycles. The average molecular weight is 384 g/mol. The maximum Gasteiger partial charge on any atom is 0.165 e. The zero-order valence-electron chi connectivity index (χ0n) is 16.1. The summed E-state index contributed by atoms with van der Waals surface area (Å²) in [4.78, 5) is 8.97. The molecule has 0 amide bonds. The van der Waals surface area contributed by atoms with Crippen LogP contribution in [0.4, 0.5) is 5.82 Å². The number of rotatable bonds is 4. The van der Waals surface area contributed by atoms with Gasteiger partial charge in [-0.3, -0.25) is 5.01 Å². The smallest absolute Gasteiger partial charge is 0.165 e. The molecule has 4 rings (SSSR count). The molecule has 6 nitrogen and oxygen atoms in total. The summed E-state index contributed by atoms with van der Waals surface area (Å²) in [5, 5.41) is 28.4. The number of phenols is 2. The van der Waals surface area contributed by atoms with Gasteiger partial charge in [-0.15, -0.1) is 0 Å². The average Bonchev–Trinajstić information content (AvgIpc) is 2.72. The van der Waals surface area contributed by atoms with Gasteiger partial charge in [0.2, 0.25) is 0 Å². The van der Waals surface area contributed by atoms with Gasteiger partial charge in [-0.05, 0) is 35.9 Å². The van der Waals surface area contributed by atoms with Crippen molar-refractivity contribution >= 4 is 22.8 Å². The first-order valence-corrected chi connectivity index (χ1v) is 9.15. The van der Waals surface area contributed by atoms with Gasteiger partial charge in [0.25, 0.3) is 0 Å². The Hall–Kier alpha value is -3.93. The van der Waals surface area contributed by atoms with Crippen LogP contribution in [0.1, 0.15) is 11.3 Å². The molecule has 0 unspecified atom stereocenters. The molecule has 0 aliphatic rings. The lowest BCUT2D eigenvalue weighted by Gasteiger charge is -2.14. The molecule has 1 aromatic heterocycles. The molecule has 2 N–H and O–H groups in total. The highest BCUT2D eigenvalue weighted by atomic mass is 16.3. The summed E-state index contributed by atoms with van der Waals surface area (Å²) in [6.45, 7) is 1.86. The Balaban J connectivity index is 1.70. The van der Waals surface area contributed by atoms with Gasteiger partial charge in [-0.2, -0.15) is 5.10 Å². The summed E-state index contributed by atoms with van der Waals surface area (Å²) in [5.41, 5.74) is 1.95. The number of nitrogens with zero attached hydrogens (tertiary/aromatic N) is 4. The van der Waals surface area contributed by atoms with Crippen LogP contribution in [-0.2, 0) is 0 Å². The molecule has 0 aliphatic heterocycles. The van der Waals surface area contributed by atoms with Crippen molar-refractivity contribution in [3.63, 3.8) is 0 Å². The second-order valence-electron chi connectivity index (χ2n) is 6.70. The number of phenolic OH excluding ortho intramolecular Hbond substituents is 2. The van der Waals surface area contributed by atoms with Crippen molar-refractivity contribution in [2.75, 3.05) is 12.1 Å². The first-order valence-electron chi connectivity index (χ1n) is 9.15. The third-order valence-corrected chi connectivity index (χ3v) is 4.62. The molecule has 0 aliphatic carbocycles. The topological polar surface area (TPSA) is 81.8 Å². The molecule has 3 aromatic carbocycles. The van der Waals surface area contributed by atoms with E-state index in [4.69, 9.17) is 0 Å². The Morgan fingerprint density at radius 3 is 2.48 bits per heavy atom. The summed E-state index contributed by atoms with van der Waals surface area (Å²) >= 11 is 0. The number of hydrogen-bond donors (Lipinski definition) is 2. The predicted molar refractivity (Wildman–Crippen MR) is 115 cm³/mol. The Labute approximate surface area is 168 Å². The number of anilines is 1. The number of hydrogen-bond acceptors (Lipinski definition) is 6. The SMILES string of the molecule is Cc1cc(N(C)N=Cc2c(O)ccc3ccccc23)nc(-c2ccccc2O)n1. The Bertz CT molecular complexity index is 1220. The number of benzene rings is 3. The molecule has 144 valence electrons. The summed E-state index contributed by atoms with van der Waals surface area (Å²) in [5.74, 6) is 1.28. The lowest BCUT2D eigenvalue weighted by Crippen LogP contribution is -2.12. The first kappa shape index (κ1) is 18.4. The minimum atomic E-state index is 0.121. The highest BCUT2D eigenvalue weighted by Gasteiger charge is 2.11. The van der Waals surface area contributed by atoms with Crippen molar-refractivity contribution in [1.82, 2.24) is 9.97 Å². The quantitative estimate of drug-likeness (QED) is 0.400. The predicted octanol–water partition coefficient (Wildman–Crippen LogP) is 4.49. The van der Waals surface area contributed by atoms with Gasteiger partial charge >= 0.3 is 0 Å². The van der Waals surface area contributed by atoms with Crippen LogP contribution in [-0.4, -0.2) is 33.4 Å². The van der Waals surface area contributed by atoms with Crippen LogP contribution < -0.4 is 5.01 Å². The van der Waals surface area contributed by atoms with Crippen molar-refractivity contribution < 1.29 is 10.2 Å². The minimum Gasteiger partial charge on any atom is -0.507 e. The number of aromatic hydroxyl groups is 2. The molecule has 0 radical (unpaired) electrons. The summed E-state index contributed by atoms with van der Waals surface area (Å²) in [7, 11) is 1.77. The highest BCUT2D eigenvalue weighted by Crippen LogP contribution is 2.28. The molecule has 6 heteroatoms. The summed E-state index contributed by atoms with van der Waals surface area (Å²) in [6.07, 6.45) is 1.62. The zero-order chi connectivity index (χ0) is 20.4. The number of hydrazone groups is 1. The van der Waals surface area contributed by atoms with Crippen LogP contribution in [0.5, 0.6) is 11.5 Å². The van der Waals surface area contributed by atoms with E-state index in [-0.39, 0.29) is 11.5 Å². The Morgan fingerprint density at radius 1 is 0.897 bits per heavy atom. The van der Waals surface area contributed by atoms with Gasteiger partial charge in [0.15, 0.2) is 11.6 Å². The molecule has 4 aromatic rings. The number of para-hydroxylation sites is 1. The van der Waals surface area contributed by atoms with Gasteiger partial charge in [0, 0.05) is 24.4 Å². The van der Waals surface area contributed by atoms with Gasteiger partial charge in [0.05, 0.1) is 11.8 Å². The lowest BCUT2D eigenvalue weighted by molar-refractivity contribution is 0.475. The van der Waals surface area contributed by atoms with Gasteiger partial charge in [-0.25, -0.2) is 9.97 Å². The van der Waals surface area contributed by atoms with Crippen molar-refractivity contribution in [2.45, 2.75) is 6.92 Å². The third kappa shape index (κ3) is 3.73. The van der Waals surface area contributed by atoms with Crippen molar-refractivity contribution in [1.29, 1.82) is 0 Å². The van der Waals surface area contributed by atoms with E-state index < -0.39 is 0 Å². The molecule has 0 atom stereocenters. The molecule has 0 fully saturated rings. The number of fused-ring (bicyclic) bond motifs is 1. The summed E-state index contributed by atoms with van der Waals surface area (Å²) < 4.78 is 0. The van der Waals surface area contributed by atoms with E-state index in [0.717, 1.165) is 16.5 Å². The largest absolute Gasteiger partial charge is 0.507 e. The van der Waals surface area contributed by atoms with Crippen molar-refractivity contribution in [2.24, 2.45) is 5.10 Å². The Kier molecular flexibility index (Phi) is 4.83. The third-order valence-electron chi connectivity index (χ3n) is 4.62. The van der Waals surface area contributed by atoms with E-state index in [0.29, 0.717) is 22.8 Å². The van der Waals surface area contributed by atoms with Crippen LogP contribution in [0.2, 0.25) is 0 Å². The number of aryl methyl sites for hydroxylation is 1. The standard InChI is InChI=1S/C23H20N4O2/c1-15-13-22(26-23(25-15)18-9-5-6-10-20(18)28)27(2)24-14-19-17-8-4-3-7-16(17)11-12-21(19)29/h3-14,28-29H,1-2H3. The van der Waals surface area contributed by atoms with E-state index in [9.17, 15) is 10.2 Å². The van der Waals surface area contributed by atoms with E-state index in [1.165, 1.54) is 0 Å². The fourth-order valence-corrected chi connectivity index (χ4v) is 3.12. The van der Waals surface area contributed by atoms with Crippen LogP contribution in [0.15, 0.2) is 71.8 Å².